The minimum Gasteiger partial charge on any atom is -0.459 e. The van der Waals surface area contributed by atoms with E-state index in [4.69, 9.17) is 9.57 Å². The number of aryl methyl sites for hydroxylation is 2. The first-order valence-electron chi connectivity index (χ1n) is 17.3. The maximum Gasteiger partial charge on any atom is 0.309 e. The maximum absolute atomic E-state index is 13.4. The molecule has 1 aliphatic carbocycles. The summed E-state index contributed by atoms with van der Waals surface area (Å²) in [6.07, 6.45) is 16.9. The smallest absolute Gasteiger partial charge is 0.309 e. The Morgan fingerprint density at radius 2 is 1.84 bits per heavy atom. The number of hydrogen-bond donors (Lipinski definition) is 1. The van der Waals surface area contributed by atoms with Gasteiger partial charge in [0.25, 0.3) is 5.91 Å². The molecular weight excluding hydrogens is 554 g/mol. The molecule has 1 N–H and O–H groups in total. The zero-order chi connectivity index (χ0) is 31.3. The first kappa shape index (κ1) is 32.9. The summed E-state index contributed by atoms with van der Waals surface area (Å²) in [5, 5.41) is 0. The average molecular weight is 610 g/mol. The van der Waals surface area contributed by atoms with Crippen LogP contribution in [0.25, 0.3) is 0 Å². The molecule has 3 saturated heterocycles. The van der Waals surface area contributed by atoms with Crippen molar-refractivity contribution in [2.24, 2.45) is 11.8 Å². The van der Waals surface area contributed by atoms with E-state index in [9.17, 15) is 9.59 Å². The van der Waals surface area contributed by atoms with Crippen molar-refractivity contribution >= 4 is 11.9 Å². The predicted octanol–water partition coefficient (Wildman–Crippen LogP) is 6.05. The van der Waals surface area contributed by atoms with Crippen LogP contribution in [0.4, 0.5) is 0 Å². The quantitative estimate of drug-likeness (QED) is 0.253. The van der Waals surface area contributed by atoms with Crippen molar-refractivity contribution in [2.75, 3.05) is 26.2 Å². The highest BCUT2D eigenvalue weighted by Crippen LogP contribution is 2.46. The second kappa shape index (κ2) is 14.3. The third-order valence-corrected chi connectivity index (χ3v) is 11.1. The lowest BCUT2D eigenvalue weighted by molar-refractivity contribution is -0.189. The Morgan fingerprint density at radius 3 is 2.48 bits per heavy atom. The van der Waals surface area contributed by atoms with Crippen LogP contribution in [0.2, 0.25) is 0 Å². The van der Waals surface area contributed by atoms with Crippen LogP contribution in [-0.2, 0) is 14.4 Å². The van der Waals surface area contributed by atoms with Crippen molar-refractivity contribution in [2.45, 2.75) is 135 Å². The van der Waals surface area contributed by atoms with Crippen LogP contribution in [0.3, 0.4) is 0 Å². The Bertz CT molecular complexity index is 1180. The van der Waals surface area contributed by atoms with Crippen LogP contribution in [0, 0.1) is 25.7 Å². The number of hydroxylamine groups is 1. The van der Waals surface area contributed by atoms with Gasteiger partial charge in [-0.15, -0.1) is 0 Å². The molecule has 4 heterocycles. The van der Waals surface area contributed by atoms with Gasteiger partial charge in [-0.3, -0.25) is 24.8 Å². The van der Waals surface area contributed by atoms with Gasteiger partial charge in [-0.25, -0.2) is 9.97 Å². The second-order valence-corrected chi connectivity index (χ2v) is 14.1. The number of aromatic nitrogens is 2. The fourth-order valence-corrected chi connectivity index (χ4v) is 8.30. The summed E-state index contributed by atoms with van der Waals surface area (Å²) < 4.78 is 6.46. The van der Waals surface area contributed by atoms with Gasteiger partial charge in [0.15, 0.2) is 0 Å². The van der Waals surface area contributed by atoms with E-state index in [0.29, 0.717) is 24.1 Å². The van der Waals surface area contributed by atoms with Crippen LogP contribution in [0.15, 0.2) is 18.1 Å². The Labute approximate surface area is 264 Å². The number of allylic oxidation sites excluding steroid dienone is 2. The van der Waals surface area contributed by atoms with E-state index in [1.54, 1.807) is 0 Å². The summed E-state index contributed by atoms with van der Waals surface area (Å²) in [4.78, 5) is 45.5. The summed E-state index contributed by atoms with van der Waals surface area (Å²) in [5.41, 5.74) is 6.08. The first-order chi connectivity index (χ1) is 21.2. The molecule has 4 atom stereocenters. The Morgan fingerprint density at radius 1 is 1.09 bits per heavy atom. The van der Waals surface area contributed by atoms with E-state index in [2.05, 4.69) is 40.3 Å². The third kappa shape index (κ3) is 7.30. The largest absolute Gasteiger partial charge is 0.459 e. The number of esters is 1. The molecule has 1 amide bonds. The molecule has 9 nitrogen and oxygen atoms in total. The number of carbonyl (C=O) groups excluding carboxylic acids is 2. The molecule has 0 saturated carbocycles. The molecule has 244 valence electrons. The van der Waals surface area contributed by atoms with Crippen molar-refractivity contribution < 1.29 is 19.2 Å². The molecular formula is C35H55N5O4. The number of unbranched alkanes of at least 4 members (excludes halogenated alkanes) is 1. The second-order valence-electron chi connectivity index (χ2n) is 14.1. The number of ether oxygens (including phenoxy) is 1. The summed E-state index contributed by atoms with van der Waals surface area (Å²) in [7, 11) is 0. The number of nitrogens with zero attached hydrogens (tertiary/aromatic N) is 4. The zero-order valence-corrected chi connectivity index (χ0v) is 27.8. The molecule has 1 aromatic rings. The fourth-order valence-electron chi connectivity index (χ4n) is 8.30. The topological polar surface area (TPSA) is 96.9 Å². The third-order valence-electron chi connectivity index (χ3n) is 11.1. The normalized spacial score (nSPS) is 29.3. The van der Waals surface area contributed by atoms with Gasteiger partial charge < -0.3 is 9.64 Å². The van der Waals surface area contributed by atoms with E-state index in [1.807, 2.05) is 25.7 Å². The van der Waals surface area contributed by atoms with Crippen molar-refractivity contribution in [1.82, 2.24) is 25.2 Å². The van der Waals surface area contributed by atoms with Crippen LogP contribution in [0.1, 0.15) is 126 Å². The van der Waals surface area contributed by atoms with Gasteiger partial charge >= 0.3 is 5.97 Å². The monoisotopic (exact) mass is 609 g/mol. The summed E-state index contributed by atoms with van der Waals surface area (Å²) in [6, 6.07) is 0.395. The van der Waals surface area contributed by atoms with Crippen molar-refractivity contribution in [1.29, 1.82) is 0 Å². The van der Waals surface area contributed by atoms with Gasteiger partial charge in [0.05, 0.1) is 29.5 Å². The lowest BCUT2D eigenvalue weighted by atomic mass is 9.73. The minimum absolute atomic E-state index is 0.0224. The maximum atomic E-state index is 13.4. The lowest BCUT2D eigenvalue weighted by Gasteiger charge is -2.56. The molecule has 44 heavy (non-hydrogen) atoms. The minimum atomic E-state index is -0.321. The van der Waals surface area contributed by atoms with Gasteiger partial charge in [-0.05, 0) is 91.4 Å². The number of carbonyl (C=O) groups is 2. The molecule has 1 aromatic heterocycles. The highest BCUT2D eigenvalue weighted by atomic mass is 16.6. The molecule has 4 aliphatic rings. The van der Waals surface area contributed by atoms with E-state index in [-0.39, 0.29) is 28.9 Å². The van der Waals surface area contributed by atoms with Crippen LogP contribution in [-0.4, -0.2) is 75.1 Å². The summed E-state index contributed by atoms with van der Waals surface area (Å²) in [5.74, 6) is 0.648. The molecule has 5 rings (SSSR count). The van der Waals surface area contributed by atoms with Crippen molar-refractivity contribution in [3.63, 3.8) is 0 Å². The van der Waals surface area contributed by atoms with Crippen molar-refractivity contribution in [3.8, 4) is 0 Å². The standard InChI is InChI=1S/C35H55N5O4/c1-6-8-9-30-23-35(15-14-28(33(42)44-35)22-27-10-12-29(13-11-27)38-43-7-2)18-21-40(30)34(5)16-19-39(20-17-34)32(41)31-25(3)36-24-37-26(31)4/h12,24,27-28,30,38H,6-11,13-23H2,1-5H3. The number of amides is 1. The van der Waals surface area contributed by atoms with Gasteiger partial charge in [0.2, 0.25) is 0 Å². The SMILES string of the molecule is CCCCC1CC2(CCC(CC3CC=C(NOCC)CC3)C(=O)O2)CCN1C1(C)CCN(C(=O)c2c(C)ncnc2C)CC1. The van der Waals surface area contributed by atoms with Crippen LogP contribution in [0.5, 0.6) is 0 Å². The molecule has 3 aliphatic heterocycles. The lowest BCUT2D eigenvalue weighted by Crippen LogP contribution is -2.63. The van der Waals surface area contributed by atoms with Crippen LogP contribution < -0.4 is 5.48 Å². The molecule has 1 spiro atoms. The number of rotatable bonds is 10. The number of nitrogens with one attached hydrogen (secondary N) is 1. The van der Waals surface area contributed by atoms with Crippen molar-refractivity contribution in [3.05, 3.63) is 35.1 Å². The molecule has 0 aromatic carbocycles. The van der Waals surface area contributed by atoms with Gasteiger partial charge in [-0.1, -0.05) is 25.8 Å². The Balaban J connectivity index is 1.18. The number of hydrogen-bond acceptors (Lipinski definition) is 8. The van der Waals surface area contributed by atoms with Gasteiger partial charge in [0, 0.05) is 49.8 Å². The molecule has 0 radical (unpaired) electrons. The summed E-state index contributed by atoms with van der Waals surface area (Å²) in [6.45, 7) is 13.5. The molecule has 4 unspecified atom stereocenters. The first-order valence-corrected chi connectivity index (χ1v) is 17.3. The van der Waals surface area contributed by atoms with Gasteiger partial charge in [0.1, 0.15) is 11.9 Å². The highest BCUT2D eigenvalue weighted by Gasteiger charge is 2.50. The zero-order valence-electron chi connectivity index (χ0n) is 27.8. The molecule has 3 fully saturated rings. The molecule has 9 heteroatoms. The highest BCUT2D eigenvalue weighted by molar-refractivity contribution is 5.96. The van der Waals surface area contributed by atoms with E-state index in [1.165, 1.54) is 18.4 Å². The van der Waals surface area contributed by atoms with E-state index >= 15 is 0 Å². The predicted molar refractivity (Wildman–Crippen MR) is 171 cm³/mol. The molecule has 0 bridgehead atoms. The number of likely N-dealkylation sites (tertiary alicyclic amines) is 2. The van der Waals surface area contributed by atoms with E-state index in [0.717, 1.165) is 108 Å². The van der Waals surface area contributed by atoms with Gasteiger partial charge in [-0.2, -0.15) is 0 Å². The number of piperidine rings is 2. The average Bonchev–Trinajstić information content (AvgIpc) is 3.01. The fraction of sp³-hybridized carbons (Fsp3) is 0.771. The van der Waals surface area contributed by atoms with Crippen LogP contribution >= 0.6 is 0 Å². The Kier molecular flexibility index (Phi) is 10.7. The van der Waals surface area contributed by atoms with E-state index < -0.39 is 0 Å². The Hall–Kier alpha value is -2.52. The summed E-state index contributed by atoms with van der Waals surface area (Å²) >= 11 is 0.